The molecule has 4 rings (SSSR count). The maximum absolute atomic E-state index is 12.2. The lowest BCUT2D eigenvalue weighted by Gasteiger charge is -2.08. The van der Waals surface area contributed by atoms with Gasteiger partial charge in [0.2, 0.25) is 0 Å². The van der Waals surface area contributed by atoms with Crippen LogP contribution in [0.25, 0.3) is 21.9 Å². The van der Waals surface area contributed by atoms with Crippen molar-refractivity contribution in [3.8, 4) is 0 Å². The molecule has 3 N–H and O–H groups in total. The van der Waals surface area contributed by atoms with E-state index in [4.69, 9.17) is 8.83 Å². The van der Waals surface area contributed by atoms with Crippen LogP contribution in [0.2, 0.25) is 0 Å². The normalized spacial score (nSPS) is 12.5. The van der Waals surface area contributed by atoms with E-state index in [1.165, 1.54) is 0 Å². The Kier molecular flexibility index (Phi) is 3.99. The van der Waals surface area contributed by atoms with E-state index in [9.17, 15) is 4.79 Å². The quantitative estimate of drug-likeness (QED) is 0.587. The number of carbonyl (C=O) groups excluding carboxylic acids is 1. The molecule has 0 aliphatic heterocycles. The van der Waals surface area contributed by atoms with Gasteiger partial charge in [0, 0.05) is 16.5 Å². The van der Waals surface area contributed by atoms with Crippen molar-refractivity contribution in [2.45, 2.75) is 13.0 Å². The highest BCUT2D eigenvalue weighted by Crippen LogP contribution is 2.30. The minimum atomic E-state index is -0.0504. The summed E-state index contributed by atoms with van der Waals surface area (Å²) >= 11 is 0. The van der Waals surface area contributed by atoms with Crippen LogP contribution in [0.1, 0.15) is 18.7 Å². The van der Waals surface area contributed by atoms with Crippen LogP contribution in [0.15, 0.2) is 69.7 Å². The van der Waals surface area contributed by atoms with Gasteiger partial charge in [-0.15, -0.1) is 0 Å². The third-order valence-corrected chi connectivity index (χ3v) is 4.31. The minimum Gasteiger partial charge on any atom is -0.463 e. The number of benzene rings is 2. The first kappa shape index (κ1) is 15.5. The lowest BCUT2D eigenvalue weighted by atomic mass is 10.1. The number of para-hydroxylation sites is 1. The average Bonchev–Trinajstić information content (AvgIpc) is 3.27. The molecule has 0 saturated carbocycles. The van der Waals surface area contributed by atoms with Crippen molar-refractivity contribution in [3.05, 3.63) is 66.6 Å². The van der Waals surface area contributed by atoms with Gasteiger partial charge in [-0.05, 0) is 43.3 Å². The van der Waals surface area contributed by atoms with Gasteiger partial charge in [-0.2, -0.15) is 0 Å². The molecule has 0 aliphatic rings. The second-order valence-corrected chi connectivity index (χ2v) is 6.10. The van der Waals surface area contributed by atoms with Crippen LogP contribution in [-0.2, 0) is 4.79 Å². The zero-order valence-electron chi connectivity index (χ0n) is 13.9. The molecular formula is C20H19N2O3+. The molecule has 126 valence electrons. The third-order valence-electron chi connectivity index (χ3n) is 4.31. The number of fused-ring (bicyclic) bond motifs is 3. The number of nitrogens with one attached hydrogen (secondary N) is 1. The van der Waals surface area contributed by atoms with Crippen molar-refractivity contribution in [1.82, 2.24) is 0 Å². The van der Waals surface area contributed by atoms with Gasteiger partial charge < -0.3 is 19.5 Å². The monoisotopic (exact) mass is 335 g/mol. The molecular weight excluding hydrogens is 316 g/mol. The lowest BCUT2D eigenvalue weighted by molar-refractivity contribution is -0.684. The molecule has 4 aromatic rings. The topological polar surface area (TPSA) is 72.0 Å². The highest BCUT2D eigenvalue weighted by molar-refractivity contribution is 6.06. The highest BCUT2D eigenvalue weighted by atomic mass is 16.3. The summed E-state index contributed by atoms with van der Waals surface area (Å²) in [5.41, 5.74) is 2.43. The Morgan fingerprint density at radius 3 is 2.76 bits per heavy atom. The molecule has 0 unspecified atom stereocenters. The van der Waals surface area contributed by atoms with Gasteiger partial charge in [0.05, 0.1) is 6.26 Å². The number of amides is 1. The number of quaternary nitrogens is 1. The number of hydrogen-bond donors (Lipinski definition) is 2. The van der Waals surface area contributed by atoms with E-state index in [0.29, 0.717) is 6.54 Å². The first-order chi connectivity index (χ1) is 12.2. The zero-order chi connectivity index (χ0) is 17.2. The van der Waals surface area contributed by atoms with Crippen LogP contribution in [0.5, 0.6) is 0 Å². The van der Waals surface area contributed by atoms with Crippen molar-refractivity contribution in [2.24, 2.45) is 0 Å². The summed E-state index contributed by atoms with van der Waals surface area (Å²) in [4.78, 5) is 12.2. The predicted octanol–water partition coefficient (Wildman–Crippen LogP) is 3.44. The molecule has 2 aromatic carbocycles. The molecule has 0 aliphatic carbocycles. The van der Waals surface area contributed by atoms with E-state index in [1.807, 2.05) is 66.8 Å². The van der Waals surface area contributed by atoms with Crippen LogP contribution >= 0.6 is 0 Å². The molecule has 25 heavy (non-hydrogen) atoms. The van der Waals surface area contributed by atoms with Gasteiger partial charge in [0.25, 0.3) is 5.91 Å². The Balaban J connectivity index is 1.46. The summed E-state index contributed by atoms with van der Waals surface area (Å²) in [6.45, 7) is 2.34. The fourth-order valence-corrected chi connectivity index (χ4v) is 2.97. The Morgan fingerprint density at radius 2 is 1.92 bits per heavy atom. The number of carbonyl (C=O) groups is 1. The predicted molar refractivity (Wildman–Crippen MR) is 96.3 cm³/mol. The first-order valence-corrected chi connectivity index (χ1v) is 8.28. The second-order valence-electron chi connectivity index (χ2n) is 6.10. The number of rotatable bonds is 5. The van der Waals surface area contributed by atoms with Crippen molar-refractivity contribution in [1.29, 1.82) is 0 Å². The van der Waals surface area contributed by atoms with Gasteiger partial charge in [-0.3, -0.25) is 4.79 Å². The number of furan rings is 2. The fraction of sp³-hybridized carbons (Fsp3) is 0.150. The Morgan fingerprint density at radius 1 is 1.08 bits per heavy atom. The zero-order valence-corrected chi connectivity index (χ0v) is 13.9. The van der Waals surface area contributed by atoms with Gasteiger partial charge >= 0.3 is 0 Å². The summed E-state index contributed by atoms with van der Waals surface area (Å²) < 4.78 is 11.2. The largest absolute Gasteiger partial charge is 0.463 e. The maximum Gasteiger partial charge on any atom is 0.279 e. The van der Waals surface area contributed by atoms with E-state index in [1.54, 1.807) is 6.26 Å². The van der Waals surface area contributed by atoms with Crippen molar-refractivity contribution in [3.63, 3.8) is 0 Å². The van der Waals surface area contributed by atoms with Crippen molar-refractivity contribution >= 4 is 33.5 Å². The molecule has 2 aromatic heterocycles. The molecule has 0 saturated heterocycles. The SMILES string of the molecule is C[C@@H]([NH2+]CC(=O)Nc1ccc2oc3ccccc3c2c1)c1ccco1. The molecule has 0 fully saturated rings. The Labute approximate surface area is 144 Å². The number of nitrogens with two attached hydrogens (primary N) is 1. The minimum absolute atomic E-state index is 0.0504. The maximum atomic E-state index is 12.2. The van der Waals surface area contributed by atoms with E-state index in [-0.39, 0.29) is 11.9 Å². The fourth-order valence-electron chi connectivity index (χ4n) is 2.97. The third kappa shape index (κ3) is 3.14. The van der Waals surface area contributed by atoms with Crippen molar-refractivity contribution < 1.29 is 18.9 Å². The van der Waals surface area contributed by atoms with E-state index >= 15 is 0 Å². The van der Waals surface area contributed by atoms with E-state index in [2.05, 4.69) is 5.32 Å². The highest BCUT2D eigenvalue weighted by Gasteiger charge is 2.14. The van der Waals surface area contributed by atoms with Crippen LogP contribution in [0, 0.1) is 0 Å². The summed E-state index contributed by atoms with van der Waals surface area (Å²) in [5.74, 6) is 0.810. The van der Waals surface area contributed by atoms with Gasteiger partial charge in [-0.1, -0.05) is 18.2 Å². The van der Waals surface area contributed by atoms with E-state index < -0.39 is 0 Å². The number of hydrogen-bond acceptors (Lipinski definition) is 3. The van der Waals surface area contributed by atoms with Crippen LogP contribution in [0.3, 0.4) is 0 Å². The molecule has 0 radical (unpaired) electrons. The van der Waals surface area contributed by atoms with Crippen molar-refractivity contribution in [2.75, 3.05) is 11.9 Å². The summed E-state index contributed by atoms with van der Waals surface area (Å²) in [6.07, 6.45) is 1.64. The standard InChI is InChI=1S/C20H18N2O3/c1-13(17-7-4-10-24-17)21-12-20(23)22-14-8-9-19-16(11-14)15-5-2-3-6-18(15)25-19/h2-11,13,21H,12H2,1H3,(H,22,23)/p+1/t13-/m1/s1. The summed E-state index contributed by atoms with van der Waals surface area (Å²) in [7, 11) is 0. The average molecular weight is 335 g/mol. The molecule has 2 heterocycles. The summed E-state index contributed by atoms with van der Waals surface area (Å²) in [5, 5.41) is 6.94. The molecule has 0 spiro atoms. The van der Waals surface area contributed by atoms with Crippen LogP contribution < -0.4 is 10.6 Å². The van der Waals surface area contributed by atoms with Gasteiger partial charge in [-0.25, -0.2) is 0 Å². The van der Waals surface area contributed by atoms with Crippen LogP contribution in [-0.4, -0.2) is 12.5 Å². The Hall–Kier alpha value is -3.05. The van der Waals surface area contributed by atoms with Gasteiger partial charge in [0.15, 0.2) is 12.3 Å². The molecule has 1 atom stereocenters. The molecule has 1 amide bonds. The smallest absolute Gasteiger partial charge is 0.279 e. The van der Waals surface area contributed by atoms with Gasteiger partial charge in [0.1, 0.15) is 17.2 Å². The van der Waals surface area contributed by atoms with E-state index in [0.717, 1.165) is 33.4 Å². The first-order valence-electron chi connectivity index (χ1n) is 8.28. The molecule has 5 heteroatoms. The number of anilines is 1. The lowest BCUT2D eigenvalue weighted by Crippen LogP contribution is -2.86. The molecule has 0 bridgehead atoms. The Bertz CT molecular complexity index is 1020. The summed E-state index contributed by atoms with van der Waals surface area (Å²) in [6, 6.07) is 17.5. The second kappa shape index (κ2) is 6.45. The van der Waals surface area contributed by atoms with Crippen LogP contribution in [0.4, 0.5) is 5.69 Å². The molecule has 5 nitrogen and oxygen atoms in total.